The quantitative estimate of drug-likeness (QED) is 0.279. The Morgan fingerprint density at radius 1 is 0.844 bits per heavy atom. The normalized spacial score (nSPS) is 15.2. The summed E-state index contributed by atoms with van der Waals surface area (Å²) in [6, 6.07) is 30.9. The first kappa shape index (κ1) is 23.7. The highest BCUT2D eigenvalue weighted by Gasteiger charge is 2.20. The van der Waals surface area contributed by atoms with Gasteiger partial charge < -0.3 is 9.84 Å². The number of aliphatic hydroxyl groups excluding tert-OH is 1. The van der Waals surface area contributed by atoms with Crippen LogP contribution in [0.1, 0.15) is 37.5 Å². The van der Waals surface area contributed by atoms with Crippen molar-refractivity contribution >= 4 is 11.6 Å². The van der Waals surface area contributed by atoms with Gasteiger partial charge >= 0.3 is 0 Å². The zero-order valence-electron chi connectivity index (χ0n) is 19.3. The van der Waals surface area contributed by atoms with Crippen LogP contribution < -0.4 is 0 Å². The van der Waals surface area contributed by atoms with Gasteiger partial charge in [-0.1, -0.05) is 111 Å². The predicted octanol–water partition coefficient (Wildman–Crippen LogP) is 7.02. The molecule has 0 bridgehead atoms. The number of ether oxygens (including phenoxy) is 1. The molecule has 0 aliphatic rings. The van der Waals surface area contributed by atoms with Crippen molar-refractivity contribution in [1.82, 2.24) is 0 Å². The van der Waals surface area contributed by atoms with Crippen molar-refractivity contribution in [2.24, 2.45) is 11.8 Å². The van der Waals surface area contributed by atoms with Crippen molar-refractivity contribution in [3.63, 3.8) is 0 Å². The number of rotatable bonds is 10. The summed E-state index contributed by atoms with van der Waals surface area (Å²) in [4.78, 5) is 0. The third-order valence-corrected chi connectivity index (χ3v) is 5.75. The molecule has 166 valence electrons. The minimum Gasteiger partial charge on any atom is -0.392 e. The van der Waals surface area contributed by atoms with Crippen LogP contribution in [0.15, 0.2) is 103 Å². The highest BCUT2D eigenvalue weighted by atomic mass is 16.5. The highest BCUT2D eigenvalue weighted by molar-refractivity contribution is 5.90. The van der Waals surface area contributed by atoms with Crippen molar-refractivity contribution in [3.05, 3.63) is 119 Å². The van der Waals surface area contributed by atoms with Crippen LogP contribution in [0.3, 0.4) is 0 Å². The molecule has 1 N–H and O–H groups in total. The SMILES string of the molecule is CC(=C\[C@@H](C)[C@H](O)[C@H](C)COCc1ccccc1)/C(=C/c1ccccc1)c1ccccc1. The number of aliphatic hydroxyl groups is 1. The number of allylic oxidation sites excluding steroid dienone is 2. The molecule has 0 heterocycles. The van der Waals surface area contributed by atoms with Crippen LogP contribution >= 0.6 is 0 Å². The van der Waals surface area contributed by atoms with E-state index < -0.39 is 6.10 Å². The Morgan fingerprint density at radius 3 is 2.03 bits per heavy atom. The minimum absolute atomic E-state index is 0.00760. The summed E-state index contributed by atoms with van der Waals surface area (Å²) in [6.45, 7) is 7.35. The fourth-order valence-electron chi connectivity index (χ4n) is 3.89. The van der Waals surface area contributed by atoms with E-state index >= 15 is 0 Å². The summed E-state index contributed by atoms with van der Waals surface area (Å²) in [6.07, 6.45) is 3.92. The van der Waals surface area contributed by atoms with Crippen LogP contribution in [0.2, 0.25) is 0 Å². The lowest BCUT2D eigenvalue weighted by Gasteiger charge is -2.24. The first-order valence-electron chi connectivity index (χ1n) is 11.4. The molecule has 3 atom stereocenters. The summed E-state index contributed by atoms with van der Waals surface area (Å²) >= 11 is 0. The Kier molecular flexibility index (Phi) is 9.03. The first-order valence-corrected chi connectivity index (χ1v) is 11.4. The van der Waals surface area contributed by atoms with Gasteiger partial charge in [0.15, 0.2) is 0 Å². The fourth-order valence-corrected chi connectivity index (χ4v) is 3.89. The van der Waals surface area contributed by atoms with Crippen molar-refractivity contribution in [2.75, 3.05) is 6.61 Å². The molecule has 2 heteroatoms. The molecule has 3 aromatic carbocycles. The highest BCUT2D eigenvalue weighted by Crippen LogP contribution is 2.28. The smallest absolute Gasteiger partial charge is 0.0717 e. The van der Waals surface area contributed by atoms with Gasteiger partial charge in [0.1, 0.15) is 0 Å². The monoisotopic (exact) mass is 426 g/mol. The minimum atomic E-state index is -0.477. The molecule has 3 aromatic rings. The maximum atomic E-state index is 10.9. The molecular formula is C30H34O2. The molecule has 0 saturated carbocycles. The van der Waals surface area contributed by atoms with E-state index in [9.17, 15) is 5.11 Å². The van der Waals surface area contributed by atoms with Gasteiger partial charge in [-0.25, -0.2) is 0 Å². The summed E-state index contributed by atoms with van der Waals surface area (Å²) in [5.74, 6) is 0.0456. The number of hydrogen-bond donors (Lipinski definition) is 1. The van der Waals surface area contributed by atoms with Crippen molar-refractivity contribution in [1.29, 1.82) is 0 Å². The van der Waals surface area contributed by atoms with E-state index in [4.69, 9.17) is 4.74 Å². The van der Waals surface area contributed by atoms with Crippen molar-refractivity contribution in [3.8, 4) is 0 Å². The molecule has 0 aromatic heterocycles. The second kappa shape index (κ2) is 12.2. The largest absolute Gasteiger partial charge is 0.392 e. The van der Waals surface area contributed by atoms with Gasteiger partial charge in [-0.2, -0.15) is 0 Å². The zero-order chi connectivity index (χ0) is 22.8. The fraction of sp³-hybridized carbons (Fsp3) is 0.267. The summed E-state index contributed by atoms with van der Waals surface area (Å²) in [5, 5.41) is 10.9. The Labute approximate surface area is 192 Å². The van der Waals surface area contributed by atoms with E-state index in [-0.39, 0.29) is 11.8 Å². The lowest BCUT2D eigenvalue weighted by atomic mass is 9.89. The van der Waals surface area contributed by atoms with Crippen LogP contribution in [0, 0.1) is 11.8 Å². The summed E-state index contributed by atoms with van der Waals surface area (Å²) < 4.78 is 5.86. The van der Waals surface area contributed by atoms with Gasteiger partial charge in [0.2, 0.25) is 0 Å². The van der Waals surface area contributed by atoms with Crippen LogP contribution in [0.25, 0.3) is 11.6 Å². The third-order valence-electron chi connectivity index (χ3n) is 5.75. The number of hydrogen-bond acceptors (Lipinski definition) is 2. The lowest BCUT2D eigenvalue weighted by molar-refractivity contribution is 0.0133. The second-order valence-electron chi connectivity index (χ2n) is 8.51. The van der Waals surface area contributed by atoms with E-state index in [0.717, 1.165) is 16.7 Å². The van der Waals surface area contributed by atoms with Gasteiger partial charge in [0, 0.05) is 11.8 Å². The Bertz CT molecular complexity index is 991. The lowest BCUT2D eigenvalue weighted by Crippen LogP contribution is -2.28. The van der Waals surface area contributed by atoms with E-state index in [1.54, 1.807) is 0 Å². The molecule has 0 fully saturated rings. The maximum Gasteiger partial charge on any atom is 0.0717 e. The summed E-state index contributed by atoms with van der Waals surface area (Å²) in [7, 11) is 0. The standard InChI is InChI=1S/C30H34O2/c1-23(29(28-17-11-6-12-18-28)20-26-13-7-4-8-14-26)19-24(2)30(31)25(3)21-32-22-27-15-9-5-10-16-27/h4-20,24-25,30-31H,21-22H2,1-3H3/b23-19+,29-20-/t24-,25-,30+/m1/s1. The molecule has 0 saturated heterocycles. The number of benzene rings is 3. The summed E-state index contributed by atoms with van der Waals surface area (Å²) in [5.41, 5.74) is 5.81. The molecule has 32 heavy (non-hydrogen) atoms. The van der Waals surface area contributed by atoms with Crippen LogP contribution in [0.4, 0.5) is 0 Å². The Hall–Kier alpha value is -2.94. The van der Waals surface area contributed by atoms with Crippen molar-refractivity contribution < 1.29 is 9.84 Å². The molecule has 0 amide bonds. The van der Waals surface area contributed by atoms with Gasteiger partial charge in [-0.05, 0) is 40.8 Å². The van der Waals surface area contributed by atoms with Gasteiger partial charge in [-0.3, -0.25) is 0 Å². The topological polar surface area (TPSA) is 29.5 Å². The Morgan fingerprint density at radius 2 is 1.41 bits per heavy atom. The van der Waals surface area contributed by atoms with Crippen LogP contribution in [-0.2, 0) is 11.3 Å². The first-order chi connectivity index (χ1) is 15.5. The predicted molar refractivity (Wildman–Crippen MR) is 135 cm³/mol. The molecule has 0 aliphatic carbocycles. The maximum absolute atomic E-state index is 10.9. The molecule has 2 nitrogen and oxygen atoms in total. The van der Waals surface area contributed by atoms with E-state index in [0.29, 0.717) is 13.2 Å². The molecule has 0 radical (unpaired) electrons. The van der Waals surface area contributed by atoms with E-state index in [1.165, 1.54) is 11.1 Å². The average Bonchev–Trinajstić information content (AvgIpc) is 2.83. The van der Waals surface area contributed by atoms with Crippen LogP contribution in [0.5, 0.6) is 0 Å². The van der Waals surface area contributed by atoms with Gasteiger partial charge in [-0.15, -0.1) is 0 Å². The molecule has 0 spiro atoms. The van der Waals surface area contributed by atoms with Gasteiger partial charge in [0.25, 0.3) is 0 Å². The zero-order valence-corrected chi connectivity index (χ0v) is 19.3. The molecular weight excluding hydrogens is 392 g/mol. The third kappa shape index (κ3) is 7.05. The molecule has 3 rings (SSSR count). The molecule has 0 unspecified atom stereocenters. The van der Waals surface area contributed by atoms with E-state index in [1.807, 2.05) is 37.3 Å². The second-order valence-corrected chi connectivity index (χ2v) is 8.51. The van der Waals surface area contributed by atoms with Gasteiger partial charge in [0.05, 0.1) is 19.3 Å². The van der Waals surface area contributed by atoms with E-state index in [2.05, 4.69) is 86.7 Å². The Balaban J connectivity index is 1.69. The average molecular weight is 427 g/mol. The van der Waals surface area contributed by atoms with Crippen molar-refractivity contribution in [2.45, 2.75) is 33.5 Å². The van der Waals surface area contributed by atoms with Crippen LogP contribution in [-0.4, -0.2) is 17.8 Å². The molecule has 0 aliphatic heterocycles.